The van der Waals surface area contributed by atoms with Crippen molar-refractivity contribution in [2.75, 3.05) is 7.05 Å². The maximum atomic E-state index is 14.0. The predicted octanol–water partition coefficient (Wildman–Crippen LogP) is 4.77. The smallest absolute Gasteiger partial charge is 0.194 e. The van der Waals surface area contributed by atoms with E-state index >= 15 is 0 Å². The molecule has 1 N–H and O–H groups in total. The van der Waals surface area contributed by atoms with Gasteiger partial charge in [0.15, 0.2) is 17.5 Å². The van der Waals surface area contributed by atoms with Crippen LogP contribution in [0.1, 0.15) is 42.1 Å². The Morgan fingerprint density at radius 1 is 1.00 bits per heavy atom. The fourth-order valence-corrected chi connectivity index (χ4v) is 3.32. The van der Waals surface area contributed by atoms with Crippen molar-refractivity contribution in [3.63, 3.8) is 0 Å². The standard InChI is InChI=1S/C16H18F3NS/c1-16(2,3)12-8-7-11(21-12)15(20-4)9-5-6-10(17)14(19)13(9)18/h5-8,15,20H,1-4H3. The normalized spacial score (nSPS) is 13.5. The number of halogens is 3. The molecular weight excluding hydrogens is 295 g/mol. The summed E-state index contributed by atoms with van der Waals surface area (Å²) in [6.07, 6.45) is 0. The second-order valence-electron chi connectivity index (χ2n) is 5.94. The lowest BCUT2D eigenvalue weighted by molar-refractivity contribution is 0.435. The quantitative estimate of drug-likeness (QED) is 0.805. The fraction of sp³-hybridized carbons (Fsp3) is 0.375. The third kappa shape index (κ3) is 3.14. The van der Waals surface area contributed by atoms with E-state index in [0.29, 0.717) is 0 Å². The number of hydrogen-bond acceptors (Lipinski definition) is 2. The van der Waals surface area contributed by atoms with Gasteiger partial charge < -0.3 is 5.32 Å². The van der Waals surface area contributed by atoms with E-state index in [4.69, 9.17) is 0 Å². The summed E-state index contributed by atoms with van der Waals surface area (Å²) in [6.45, 7) is 6.28. The second kappa shape index (κ2) is 5.81. The van der Waals surface area contributed by atoms with Crippen LogP contribution < -0.4 is 5.32 Å². The topological polar surface area (TPSA) is 12.0 Å². The largest absolute Gasteiger partial charge is 0.309 e. The predicted molar refractivity (Wildman–Crippen MR) is 80.2 cm³/mol. The van der Waals surface area contributed by atoms with Gasteiger partial charge in [0, 0.05) is 15.3 Å². The van der Waals surface area contributed by atoms with E-state index in [9.17, 15) is 13.2 Å². The molecule has 0 radical (unpaired) electrons. The van der Waals surface area contributed by atoms with Crippen molar-refractivity contribution < 1.29 is 13.2 Å². The molecule has 0 spiro atoms. The van der Waals surface area contributed by atoms with Gasteiger partial charge in [0.25, 0.3) is 0 Å². The van der Waals surface area contributed by atoms with Crippen LogP contribution in [0.25, 0.3) is 0 Å². The Morgan fingerprint density at radius 3 is 2.19 bits per heavy atom. The van der Waals surface area contributed by atoms with E-state index < -0.39 is 23.5 Å². The van der Waals surface area contributed by atoms with Crippen LogP contribution in [-0.4, -0.2) is 7.05 Å². The highest BCUT2D eigenvalue weighted by Crippen LogP contribution is 2.35. The number of nitrogens with one attached hydrogen (secondary N) is 1. The van der Waals surface area contributed by atoms with E-state index in [1.165, 1.54) is 6.07 Å². The molecule has 1 heterocycles. The van der Waals surface area contributed by atoms with Crippen LogP contribution in [0.2, 0.25) is 0 Å². The van der Waals surface area contributed by atoms with Gasteiger partial charge in [0.2, 0.25) is 0 Å². The van der Waals surface area contributed by atoms with E-state index in [2.05, 4.69) is 26.1 Å². The van der Waals surface area contributed by atoms with Crippen molar-refractivity contribution in [1.82, 2.24) is 5.32 Å². The zero-order valence-electron chi connectivity index (χ0n) is 12.4. The highest BCUT2D eigenvalue weighted by Gasteiger charge is 2.24. The van der Waals surface area contributed by atoms with Crippen LogP contribution in [0.4, 0.5) is 13.2 Å². The third-order valence-electron chi connectivity index (χ3n) is 3.32. The first-order valence-electron chi connectivity index (χ1n) is 6.66. The summed E-state index contributed by atoms with van der Waals surface area (Å²) in [4.78, 5) is 2.02. The Hall–Kier alpha value is -1.33. The van der Waals surface area contributed by atoms with Gasteiger partial charge in [-0.15, -0.1) is 11.3 Å². The zero-order chi connectivity index (χ0) is 15.8. The molecule has 1 aromatic carbocycles. The molecule has 1 aromatic heterocycles. The van der Waals surface area contributed by atoms with Crippen molar-refractivity contribution in [3.8, 4) is 0 Å². The van der Waals surface area contributed by atoms with Crippen molar-refractivity contribution in [2.45, 2.75) is 32.2 Å². The minimum atomic E-state index is -1.43. The Bertz CT molecular complexity index is 643. The Morgan fingerprint density at radius 2 is 1.67 bits per heavy atom. The lowest BCUT2D eigenvalue weighted by atomic mass is 9.95. The fourth-order valence-electron chi connectivity index (χ4n) is 2.13. The molecule has 0 saturated heterocycles. The number of hydrogen-bond donors (Lipinski definition) is 1. The molecule has 0 saturated carbocycles. The van der Waals surface area contributed by atoms with Gasteiger partial charge in [-0.2, -0.15) is 0 Å². The van der Waals surface area contributed by atoms with E-state index in [0.717, 1.165) is 15.8 Å². The maximum Gasteiger partial charge on any atom is 0.194 e. The van der Waals surface area contributed by atoms with Crippen LogP contribution in [-0.2, 0) is 5.41 Å². The van der Waals surface area contributed by atoms with Crippen LogP contribution >= 0.6 is 11.3 Å². The zero-order valence-corrected chi connectivity index (χ0v) is 13.2. The van der Waals surface area contributed by atoms with Gasteiger partial charge in [-0.3, -0.25) is 0 Å². The molecule has 1 atom stereocenters. The maximum absolute atomic E-state index is 14.0. The van der Waals surface area contributed by atoms with Crippen molar-refractivity contribution in [1.29, 1.82) is 0 Å². The first-order chi connectivity index (χ1) is 9.75. The minimum absolute atomic E-state index is 0.00615. The van der Waals surface area contributed by atoms with Crippen LogP contribution in [0.15, 0.2) is 24.3 Å². The first kappa shape index (κ1) is 16.0. The molecular formula is C16H18F3NS. The summed E-state index contributed by atoms with van der Waals surface area (Å²) in [5, 5.41) is 2.97. The molecule has 0 aliphatic heterocycles. The number of rotatable bonds is 3. The molecule has 0 amide bonds. The average molecular weight is 313 g/mol. The van der Waals surface area contributed by atoms with Gasteiger partial charge in [-0.1, -0.05) is 26.8 Å². The highest BCUT2D eigenvalue weighted by atomic mass is 32.1. The molecule has 0 aliphatic carbocycles. The Labute approximate surface area is 126 Å². The second-order valence-corrected chi connectivity index (χ2v) is 7.05. The lowest BCUT2D eigenvalue weighted by Crippen LogP contribution is -2.19. The van der Waals surface area contributed by atoms with Crippen molar-refractivity contribution in [2.24, 2.45) is 0 Å². The lowest BCUT2D eigenvalue weighted by Gasteiger charge is -2.18. The monoisotopic (exact) mass is 313 g/mol. The van der Waals surface area contributed by atoms with Gasteiger partial charge in [-0.05, 0) is 30.7 Å². The molecule has 2 rings (SSSR count). The van der Waals surface area contributed by atoms with Crippen LogP contribution in [0, 0.1) is 17.5 Å². The van der Waals surface area contributed by atoms with Crippen LogP contribution in [0.3, 0.4) is 0 Å². The van der Waals surface area contributed by atoms with Gasteiger partial charge in [0.1, 0.15) is 0 Å². The van der Waals surface area contributed by atoms with E-state index in [1.807, 2.05) is 12.1 Å². The molecule has 2 aromatic rings. The van der Waals surface area contributed by atoms with E-state index in [1.54, 1.807) is 18.4 Å². The van der Waals surface area contributed by atoms with Crippen molar-refractivity contribution in [3.05, 3.63) is 57.0 Å². The summed E-state index contributed by atoms with van der Waals surface area (Å²) in [5.74, 6) is -3.74. The van der Waals surface area contributed by atoms with Crippen LogP contribution in [0.5, 0.6) is 0 Å². The molecule has 0 fully saturated rings. The molecule has 21 heavy (non-hydrogen) atoms. The highest BCUT2D eigenvalue weighted by molar-refractivity contribution is 7.12. The molecule has 1 unspecified atom stereocenters. The van der Waals surface area contributed by atoms with Gasteiger partial charge in [-0.25, -0.2) is 13.2 Å². The number of thiophene rings is 1. The Balaban J connectivity index is 2.45. The van der Waals surface area contributed by atoms with Gasteiger partial charge in [0.05, 0.1) is 6.04 Å². The average Bonchev–Trinajstić information content (AvgIpc) is 2.89. The van der Waals surface area contributed by atoms with E-state index in [-0.39, 0.29) is 11.0 Å². The SMILES string of the molecule is CNC(c1ccc(C(C)(C)C)s1)c1ccc(F)c(F)c1F. The summed E-state index contributed by atoms with van der Waals surface area (Å²) >= 11 is 1.54. The summed E-state index contributed by atoms with van der Waals surface area (Å²) in [7, 11) is 1.67. The molecule has 114 valence electrons. The minimum Gasteiger partial charge on any atom is -0.309 e. The molecule has 0 aliphatic rings. The summed E-state index contributed by atoms with van der Waals surface area (Å²) < 4.78 is 40.5. The molecule has 1 nitrogen and oxygen atoms in total. The van der Waals surface area contributed by atoms with Gasteiger partial charge >= 0.3 is 0 Å². The summed E-state index contributed by atoms with van der Waals surface area (Å²) in [6, 6.07) is 5.62. The molecule has 0 bridgehead atoms. The molecule has 5 heteroatoms. The Kier molecular flexibility index (Phi) is 4.44. The van der Waals surface area contributed by atoms with Crippen molar-refractivity contribution >= 4 is 11.3 Å². The third-order valence-corrected chi connectivity index (χ3v) is 4.89. The summed E-state index contributed by atoms with van der Waals surface area (Å²) in [5.41, 5.74) is 0.104. The number of benzene rings is 1. The first-order valence-corrected chi connectivity index (χ1v) is 7.48.